The molecule has 1 unspecified atom stereocenters. The van der Waals surface area contributed by atoms with Crippen molar-refractivity contribution in [2.45, 2.75) is 31.6 Å². The summed E-state index contributed by atoms with van der Waals surface area (Å²) in [5.41, 5.74) is 1.59. The second-order valence-corrected chi connectivity index (χ2v) is 4.19. The third kappa shape index (κ3) is 1.58. The highest BCUT2D eigenvalue weighted by Gasteiger charge is 2.27. The Morgan fingerprint density at radius 2 is 2.38 bits per heavy atom. The number of nitrogens with zero attached hydrogens (tertiary/aromatic N) is 1. The molecule has 0 spiro atoms. The van der Waals surface area contributed by atoms with Crippen LogP contribution in [0.2, 0.25) is 0 Å². The van der Waals surface area contributed by atoms with Crippen molar-refractivity contribution in [1.29, 1.82) is 0 Å². The third-order valence-corrected chi connectivity index (χ3v) is 3.38. The first-order valence-electron chi connectivity index (χ1n) is 4.44. The van der Waals surface area contributed by atoms with Gasteiger partial charge < -0.3 is 5.11 Å². The fourth-order valence-electron chi connectivity index (χ4n) is 1.75. The number of Topliss-reactive ketones (excluding diaryl/α,β-unsaturated/α-hetero) is 1. The van der Waals surface area contributed by atoms with E-state index in [1.807, 2.05) is 0 Å². The Labute approximate surface area is 80.4 Å². The van der Waals surface area contributed by atoms with Crippen LogP contribution in [0.4, 0.5) is 0 Å². The fourth-order valence-corrected chi connectivity index (χ4v) is 2.59. The molecule has 4 heteroatoms. The Balaban J connectivity index is 2.24. The van der Waals surface area contributed by atoms with Gasteiger partial charge in [0, 0.05) is 6.42 Å². The van der Waals surface area contributed by atoms with Gasteiger partial charge in [-0.3, -0.25) is 4.79 Å². The molecular formula is C9H11NO2S. The smallest absolute Gasteiger partial charge is 0.225 e. The number of hydrogen-bond acceptors (Lipinski definition) is 4. The molecule has 0 amide bonds. The Hall–Kier alpha value is -0.900. The van der Waals surface area contributed by atoms with E-state index < -0.39 is 0 Å². The van der Waals surface area contributed by atoms with Crippen molar-refractivity contribution in [2.75, 3.05) is 0 Å². The Bertz CT molecular complexity index is 321. The van der Waals surface area contributed by atoms with Crippen LogP contribution < -0.4 is 0 Å². The molecule has 1 aromatic rings. The molecule has 70 valence electrons. The van der Waals surface area contributed by atoms with E-state index in [0.717, 1.165) is 24.1 Å². The average molecular weight is 197 g/mol. The van der Waals surface area contributed by atoms with Crippen LogP contribution in [0.3, 0.4) is 0 Å². The second kappa shape index (κ2) is 3.46. The number of rotatable bonds is 1. The molecule has 1 aliphatic rings. The van der Waals surface area contributed by atoms with Crippen molar-refractivity contribution in [3.8, 4) is 5.88 Å². The zero-order chi connectivity index (χ0) is 9.26. The van der Waals surface area contributed by atoms with Gasteiger partial charge in [0.25, 0.3) is 0 Å². The topological polar surface area (TPSA) is 50.2 Å². The van der Waals surface area contributed by atoms with Crippen LogP contribution in [-0.2, 0) is 4.79 Å². The van der Waals surface area contributed by atoms with Crippen molar-refractivity contribution in [3.63, 3.8) is 0 Å². The summed E-state index contributed by atoms with van der Waals surface area (Å²) in [5, 5.41) is 9.37. The summed E-state index contributed by atoms with van der Waals surface area (Å²) in [7, 11) is 0. The van der Waals surface area contributed by atoms with E-state index in [2.05, 4.69) is 4.98 Å². The van der Waals surface area contributed by atoms with Crippen LogP contribution >= 0.6 is 11.3 Å². The lowest BCUT2D eigenvalue weighted by Gasteiger charge is -2.18. The Morgan fingerprint density at radius 1 is 1.54 bits per heavy atom. The number of carbonyl (C=O) groups excluding carboxylic acids is 1. The van der Waals surface area contributed by atoms with Crippen molar-refractivity contribution in [2.24, 2.45) is 0 Å². The molecule has 1 saturated carbocycles. The molecule has 2 rings (SSSR count). The molecule has 3 nitrogen and oxygen atoms in total. The summed E-state index contributed by atoms with van der Waals surface area (Å²) in [5.74, 6) is 0.220. The second-order valence-electron chi connectivity index (χ2n) is 3.30. The van der Waals surface area contributed by atoms with Crippen LogP contribution in [-0.4, -0.2) is 15.9 Å². The molecule has 0 aliphatic heterocycles. The highest BCUT2D eigenvalue weighted by atomic mass is 32.1. The first-order valence-corrected chi connectivity index (χ1v) is 5.32. The maximum Gasteiger partial charge on any atom is 0.225 e. The molecule has 1 atom stereocenters. The number of aromatic hydroxyl groups is 1. The van der Waals surface area contributed by atoms with Gasteiger partial charge in [0.1, 0.15) is 5.78 Å². The maximum absolute atomic E-state index is 11.5. The molecule has 0 saturated heterocycles. The van der Waals surface area contributed by atoms with E-state index in [1.54, 1.807) is 5.51 Å². The predicted molar refractivity (Wildman–Crippen MR) is 50.0 cm³/mol. The van der Waals surface area contributed by atoms with Crippen LogP contribution in [0.5, 0.6) is 5.88 Å². The van der Waals surface area contributed by atoms with Crippen molar-refractivity contribution in [3.05, 3.63) is 10.4 Å². The van der Waals surface area contributed by atoms with E-state index in [1.165, 1.54) is 11.3 Å². The fraction of sp³-hybridized carbons (Fsp3) is 0.556. The molecule has 0 aromatic carbocycles. The SMILES string of the molecule is O=C1CCCCC1c1scnc1O. The normalized spacial score (nSPS) is 23.4. The monoisotopic (exact) mass is 197 g/mol. The van der Waals surface area contributed by atoms with Gasteiger partial charge in [-0.25, -0.2) is 4.98 Å². The zero-order valence-electron chi connectivity index (χ0n) is 7.19. The lowest BCUT2D eigenvalue weighted by Crippen LogP contribution is -2.15. The summed E-state index contributed by atoms with van der Waals surface area (Å²) >= 11 is 1.38. The number of aromatic nitrogens is 1. The molecule has 0 bridgehead atoms. The highest BCUT2D eigenvalue weighted by Crippen LogP contribution is 2.36. The summed E-state index contributed by atoms with van der Waals surface area (Å²) in [4.78, 5) is 16.0. The largest absolute Gasteiger partial charge is 0.492 e. The van der Waals surface area contributed by atoms with E-state index in [9.17, 15) is 9.90 Å². The quantitative estimate of drug-likeness (QED) is 0.749. The summed E-state index contributed by atoms with van der Waals surface area (Å²) in [6.45, 7) is 0. The Kier molecular flexibility index (Phi) is 2.31. The first kappa shape index (κ1) is 8.69. The van der Waals surface area contributed by atoms with Gasteiger partial charge >= 0.3 is 0 Å². The lowest BCUT2D eigenvalue weighted by molar-refractivity contribution is -0.121. The van der Waals surface area contributed by atoms with Crippen LogP contribution in [0.1, 0.15) is 36.5 Å². The van der Waals surface area contributed by atoms with Crippen LogP contribution in [0.25, 0.3) is 0 Å². The summed E-state index contributed by atoms with van der Waals surface area (Å²) < 4.78 is 0. The zero-order valence-corrected chi connectivity index (χ0v) is 8.01. The molecule has 1 aromatic heterocycles. The van der Waals surface area contributed by atoms with Crippen molar-refractivity contribution in [1.82, 2.24) is 4.98 Å². The van der Waals surface area contributed by atoms with E-state index in [4.69, 9.17) is 0 Å². The molecule has 1 fully saturated rings. The molecule has 1 N–H and O–H groups in total. The van der Waals surface area contributed by atoms with Crippen LogP contribution in [0, 0.1) is 0 Å². The van der Waals surface area contributed by atoms with E-state index in [-0.39, 0.29) is 17.6 Å². The molecule has 13 heavy (non-hydrogen) atoms. The minimum absolute atomic E-state index is 0.0465. The number of carbonyl (C=O) groups is 1. The molecule has 0 radical (unpaired) electrons. The van der Waals surface area contributed by atoms with Gasteiger partial charge in [-0.1, -0.05) is 6.42 Å². The number of ketones is 1. The average Bonchev–Trinajstić information content (AvgIpc) is 2.52. The van der Waals surface area contributed by atoms with Gasteiger partial charge in [0.15, 0.2) is 0 Å². The van der Waals surface area contributed by atoms with Crippen molar-refractivity contribution < 1.29 is 9.90 Å². The lowest BCUT2D eigenvalue weighted by atomic mass is 9.87. The van der Waals surface area contributed by atoms with E-state index in [0.29, 0.717) is 6.42 Å². The maximum atomic E-state index is 11.5. The van der Waals surface area contributed by atoms with Gasteiger partial charge in [-0.15, -0.1) is 11.3 Å². The van der Waals surface area contributed by atoms with Gasteiger partial charge in [-0.05, 0) is 12.8 Å². The van der Waals surface area contributed by atoms with Crippen LogP contribution in [0.15, 0.2) is 5.51 Å². The third-order valence-electron chi connectivity index (χ3n) is 2.45. The van der Waals surface area contributed by atoms with Gasteiger partial charge in [0.2, 0.25) is 5.88 Å². The van der Waals surface area contributed by atoms with Crippen molar-refractivity contribution >= 4 is 17.1 Å². The highest BCUT2D eigenvalue weighted by molar-refractivity contribution is 7.10. The summed E-state index contributed by atoms with van der Waals surface area (Å²) in [6.07, 6.45) is 3.60. The Morgan fingerprint density at radius 3 is 3.00 bits per heavy atom. The standard InChI is InChI=1S/C9H11NO2S/c11-7-4-2-1-3-6(7)8-9(12)10-5-13-8/h5-6,12H,1-4H2. The first-order chi connectivity index (χ1) is 6.29. The molecule has 1 aliphatic carbocycles. The molecular weight excluding hydrogens is 186 g/mol. The molecule has 1 heterocycles. The minimum atomic E-state index is -0.0822. The number of hydrogen-bond donors (Lipinski definition) is 1. The number of thiazole rings is 1. The summed E-state index contributed by atoms with van der Waals surface area (Å²) in [6, 6.07) is 0. The van der Waals surface area contributed by atoms with E-state index >= 15 is 0 Å². The van der Waals surface area contributed by atoms with Gasteiger partial charge in [0.05, 0.1) is 16.3 Å². The predicted octanol–water partition coefficient (Wildman–Crippen LogP) is 2.08. The minimum Gasteiger partial charge on any atom is -0.492 e. The van der Waals surface area contributed by atoms with Gasteiger partial charge in [-0.2, -0.15) is 0 Å².